The molecule has 0 bridgehead atoms. The maximum absolute atomic E-state index is 5.76. The van der Waals surface area contributed by atoms with Gasteiger partial charge >= 0.3 is 0 Å². The van der Waals surface area contributed by atoms with E-state index in [0.29, 0.717) is 19.1 Å². The zero-order chi connectivity index (χ0) is 13.4. The molecule has 102 valence electrons. The van der Waals surface area contributed by atoms with Crippen molar-refractivity contribution in [3.05, 3.63) is 18.0 Å². The molecule has 0 saturated heterocycles. The Morgan fingerprint density at radius 1 is 1.67 bits per heavy atom. The Balaban J connectivity index is 2.19. The van der Waals surface area contributed by atoms with Crippen molar-refractivity contribution in [2.75, 3.05) is 20.3 Å². The summed E-state index contributed by atoms with van der Waals surface area (Å²) in [4.78, 5) is 4.27. The van der Waals surface area contributed by atoms with Gasteiger partial charge in [-0.3, -0.25) is 9.67 Å². The van der Waals surface area contributed by atoms with Crippen LogP contribution < -0.4 is 11.1 Å². The van der Waals surface area contributed by atoms with Gasteiger partial charge < -0.3 is 15.8 Å². The van der Waals surface area contributed by atoms with Crippen molar-refractivity contribution in [3.63, 3.8) is 0 Å². The van der Waals surface area contributed by atoms with Crippen molar-refractivity contribution >= 4 is 5.96 Å². The molecule has 0 fully saturated rings. The third-order valence-electron chi connectivity index (χ3n) is 2.48. The first kappa shape index (κ1) is 14.5. The van der Waals surface area contributed by atoms with Gasteiger partial charge in [0.2, 0.25) is 0 Å². The predicted molar refractivity (Wildman–Crippen MR) is 72.5 cm³/mol. The molecule has 0 aliphatic carbocycles. The lowest BCUT2D eigenvalue weighted by atomic mass is 10.2. The first-order valence-corrected chi connectivity index (χ1v) is 6.14. The number of hydrogen-bond acceptors (Lipinski definition) is 3. The summed E-state index contributed by atoms with van der Waals surface area (Å²) in [5.41, 5.74) is 6.98. The van der Waals surface area contributed by atoms with E-state index in [0.717, 1.165) is 12.8 Å². The van der Waals surface area contributed by atoms with E-state index in [1.54, 1.807) is 11.8 Å². The van der Waals surface area contributed by atoms with E-state index < -0.39 is 0 Å². The Kier molecular flexibility index (Phi) is 6.21. The summed E-state index contributed by atoms with van der Waals surface area (Å²) in [5.74, 6) is 0.478. The average molecular weight is 253 g/mol. The molecular weight excluding hydrogens is 230 g/mol. The minimum atomic E-state index is 0.178. The van der Waals surface area contributed by atoms with E-state index in [9.17, 15) is 0 Å². The number of hydrogen-bond donors (Lipinski definition) is 2. The quantitative estimate of drug-likeness (QED) is 0.416. The van der Waals surface area contributed by atoms with Crippen LogP contribution in [-0.2, 0) is 18.2 Å². The van der Waals surface area contributed by atoms with Crippen molar-refractivity contribution in [1.29, 1.82) is 0 Å². The fraction of sp³-hybridized carbons (Fsp3) is 0.667. The number of nitrogens with one attached hydrogen (secondary N) is 1. The Labute approximate surface area is 108 Å². The van der Waals surface area contributed by atoms with Gasteiger partial charge in [0.05, 0.1) is 12.8 Å². The number of aryl methyl sites for hydroxylation is 2. The zero-order valence-corrected chi connectivity index (χ0v) is 11.4. The highest BCUT2D eigenvalue weighted by atomic mass is 16.5. The van der Waals surface area contributed by atoms with Crippen molar-refractivity contribution in [1.82, 2.24) is 15.1 Å². The number of nitrogens with zero attached hydrogens (tertiary/aromatic N) is 3. The molecule has 1 aromatic heterocycles. The molecule has 1 unspecified atom stereocenters. The fourth-order valence-electron chi connectivity index (χ4n) is 1.67. The van der Waals surface area contributed by atoms with E-state index in [1.165, 1.54) is 5.56 Å². The topological polar surface area (TPSA) is 77.5 Å². The maximum atomic E-state index is 5.76. The summed E-state index contributed by atoms with van der Waals surface area (Å²) in [6, 6.07) is 0.178. The van der Waals surface area contributed by atoms with Crippen LogP contribution in [0.3, 0.4) is 0 Å². The molecule has 0 saturated carbocycles. The Hall–Kier alpha value is -1.56. The number of aromatic nitrogens is 2. The standard InChI is InChI=1S/C12H23N5O/c1-10(9-18-3)16-12(13)14-6-4-5-11-7-15-17(2)8-11/h7-8,10H,4-6,9H2,1-3H3,(H3,13,14,16). The van der Waals surface area contributed by atoms with Crippen molar-refractivity contribution in [2.24, 2.45) is 17.8 Å². The summed E-state index contributed by atoms with van der Waals surface area (Å²) in [7, 11) is 3.58. The number of ether oxygens (including phenoxy) is 1. The van der Waals surface area contributed by atoms with Crippen LogP contribution in [0.5, 0.6) is 0 Å². The minimum Gasteiger partial charge on any atom is -0.383 e. The third-order valence-corrected chi connectivity index (χ3v) is 2.48. The predicted octanol–water partition coefficient (Wildman–Crippen LogP) is 0.292. The van der Waals surface area contributed by atoms with Crippen LogP contribution in [0.4, 0.5) is 0 Å². The zero-order valence-electron chi connectivity index (χ0n) is 11.4. The first-order valence-electron chi connectivity index (χ1n) is 6.14. The number of rotatable bonds is 7. The Morgan fingerprint density at radius 3 is 3.06 bits per heavy atom. The molecule has 6 heteroatoms. The van der Waals surface area contributed by atoms with Gasteiger partial charge in [-0.25, -0.2) is 0 Å². The average Bonchev–Trinajstić information content (AvgIpc) is 2.71. The lowest BCUT2D eigenvalue weighted by Crippen LogP contribution is -2.40. The number of guanidine groups is 1. The van der Waals surface area contributed by atoms with Crippen LogP contribution in [0.15, 0.2) is 17.4 Å². The molecule has 0 aromatic carbocycles. The van der Waals surface area contributed by atoms with Crippen LogP contribution in [0.25, 0.3) is 0 Å². The highest BCUT2D eigenvalue weighted by molar-refractivity contribution is 5.78. The molecule has 18 heavy (non-hydrogen) atoms. The van der Waals surface area contributed by atoms with Gasteiger partial charge in [-0.05, 0) is 25.3 Å². The van der Waals surface area contributed by atoms with Crippen molar-refractivity contribution < 1.29 is 4.74 Å². The molecule has 3 N–H and O–H groups in total. The monoisotopic (exact) mass is 253 g/mol. The van der Waals surface area contributed by atoms with Crippen LogP contribution in [0, 0.1) is 0 Å². The SMILES string of the molecule is COCC(C)NC(N)=NCCCc1cnn(C)c1. The smallest absolute Gasteiger partial charge is 0.188 e. The van der Waals surface area contributed by atoms with Crippen LogP contribution in [0.1, 0.15) is 18.9 Å². The largest absolute Gasteiger partial charge is 0.383 e. The van der Waals surface area contributed by atoms with Crippen LogP contribution in [0.2, 0.25) is 0 Å². The van der Waals surface area contributed by atoms with E-state index in [1.807, 2.05) is 26.4 Å². The highest BCUT2D eigenvalue weighted by Crippen LogP contribution is 2.00. The number of nitrogens with two attached hydrogens (primary N) is 1. The van der Waals surface area contributed by atoms with Gasteiger partial charge in [0.25, 0.3) is 0 Å². The molecule has 0 radical (unpaired) electrons. The van der Waals surface area contributed by atoms with Crippen LogP contribution >= 0.6 is 0 Å². The van der Waals surface area contributed by atoms with Gasteiger partial charge in [-0.1, -0.05) is 0 Å². The molecular formula is C12H23N5O. The van der Waals surface area contributed by atoms with Gasteiger partial charge in [-0.2, -0.15) is 5.10 Å². The molecule has 6 nitrogen and oxygen atoms in total. The summed E-state index contributed by atoms with van der Waals surface area (Å²) in [5, 5.41) is 7.19. The molecule has 1 rings (SSSR count). The number of methoxy groups -OCH3 is 1. The highest BCUT2D eigenvalue weighted by Gasteiger charge is 2.01. The fourth-order valence-corrected chi connectivity index (χ4v) is 1.67. The normalized spacial score (nSPS) is 13.6. The second-order valence-corrected chi connectivity index (χ2v) is 4.39. The summed E-state index contributed by atoms with van der Waals surface area (Å²) < 4.78 is 6.81. The van der Waals surface area contributed by atoms with Crippen molar-refractivity contribution in [2.45, 2.75) is 25.8 Å². The Morgan fingerprint density at radius 2 is 2.44 bits per heavy atom. The van der Waals surface area contributed by atoms with Gasteiger partial charge in [0.15, 0.2) is 5.96 Å². The molecule has 0 aliphatic heterocycles. The second-order valence-electron chi connectivity index (χ2n) is 4.39. The minimum absolute atomic E-state index is 0.178. The molecule has 1 heterocycles. The summed E-state index contributed by atoms with van der Waals surface area (Å²) >= 11 is 0. The van der Waals surface area contributed by atoms with Gasteiger partial charge in [0.1, 0.15) is 0 Å². The molecule has 0 amide bonds. The Bertz CT molecular complexity index is 374. The van der Waals surface area contributed by atoms with Crippen molar-refractivity contribution in [3.8, 4) is 0 Å². The van der Waals surface area contributed by atoms with E-state index in [2.05, 4.69) is 15.4 Å². The molecule has 0 spiro atoms. The van der Waals surface area contributed by atoms with Gasteiger partial charge in [-0.15, -0.1) is 0 Å². The summed E-state index contributed by atoms with van der Waals surface area (Å²) in [6.45, 7) is 3.33. The molecule has 0 aliphatic rings. The van der Waals surface area contributed by atoms with Crippen LogP contribution in [-0.4, -0.2) is 42.0 Å². The van der Waals surface area contributed by atoms with Gasteiger partial charge in [0, 0.05) is 32.9 Å². The van der Waals surface area contributed by atoms with E-state index in [4.69, 9.17) is 10.5 Å². The second kappa shape index (κ2) is 7.71. The first-order chi connectivity index (χ1) is 8.61. The third kappa shape index (κ3) is 5.67. The number of aliphatic imine (C=N–C) groups is 1. The molecule has 1 atom stereocenters. The lowest BCUT2D eigenvalue weighted by molar-refractivity contribution is 0.179. The maximum Gasteiger partial charge on any atom is 0.188 e. The summed E-state index contributed by atoms with van der Waals surface area (Å²) in [6.07, 6.45) is 5.84. The molecule has 1 aromatic rings. The van der Waals surface area contributed by atoms with E-state index in [-0.39, 0.29) is 6.04 Å². The lowest BCUT2D eigenvalue weighted by Gasteiger charge is -2.12. The van der Waals surface area contributed by atoms with E-state index >= 15 is 0 Å².